The van der Waals surface area contributed by atoms with Crippen molar-refractivity contribution < 1.29 is 0 Å². The maximum Gasteiger partial charge on any atom is 0.167 e. The molecular weight excluding hydrogens is 260 g/mol. The molecule has 0 radical (unpaired) electrons. The zero-order valence-corrected chi connectivity index (χ0v) is 13.4. The molecule has 0 saturated heterocycles. The van der Waals surface area contributed by atoms with Gasteiger partial charge in [0.2, 0.25) is 0 Å². The van der Waals surface area contributed by atoms with Crippen LogP contribution in [0.1, 0.15) is 69.7 Å². The van der Waals surface area contributed by atoms with Gasteiger partial charge in [-0.15, -0.1) is 5.10 Å². The number of hydrogen-bond donors (Lipinski definition) is 1. The molecule has 1 fully saturated rings. The van der Waals surface area contributed by atoms with Crippen LogP contribution >= 0.6 is 0 Å². The molecule has 1 aromatic rings. The van der Waals surface area contributed by atoms with Gasteiger partial charge in [0.05, 0.1) is 5.69 Å². The Morgan fingerprint density at radius 2 is 1.90 bits per heavy atom. The second-order valence-electron chi connectivity index (χ2n) is 6.03. The Balaban J connectivity index is 2.29. The van der Waals surface area contributed by atoms with Gasteiger partial charge in [0, 0.05) is 6.04 Å². The number of anilines is 1. The Morgan fingerprint density at radius 3 is 2.57 bits per heavy atom. The maximum atomic E-state index is 9.54. The van der Waals surface area contributed by atoms with Crippen LogP contribution in [0.2, 0.25) is 0 Å². The van der Waals surface area contributed by atoms with Crippen molar-refractivity contribution >= 4 is 5.82 Å². The van der Waals surface area contributed by atoms with Crippen molar-refractivity contribution in [3.05, 3.63) is 16.8 Å². The monoisotopic (exact) mass is 286 g/mol. The van der Waals surface area contributed by atoms with Crippen molar-refractivity contribution in [2.75, 3.05) is 5.32 Å². The lowest BCUT2D eigenvalue weighted by atomic mass is 9.96. The molecule has 2 rings (SSSR count). The van der Waals surface area contributed by atoms with Crippen molar-refractivity contribution in [1.82, 2.24) is 10.2 Å². The van der Waals surface area contributed by atoms with Gasteiger partial charge >= 0.3 is 0 Å². The van der Waals surface area contributed by atoms with Crippen molar-refractivity contribution in [2.24, 2.45) is 5.92 Å². The second-order valence-corrected chi connectivity index (χ2v) is 6.03. The normalized spacial score (nSPS) is 22.4. The average molecular weight is 286 g/mol. The summed E-state index contributed by atoms with van der Waals surface area (Å²) >= 11 is 0. The molecule has 1 saturated carbocycles. The van der Waals surface area contributed by atoms with Crippen LogP contribution < -0.4 is 5.32 Å². The van der Waals surface area contributed by atoms with Crippen LogP contribution in [-0.4, -0.2) is 16.2 Å². The van der Waals surface area contributed by atoms with Gasteiger partial charge in [0.25, 0.3) is 0 Å². The van der Waals surface area contributed by atoms with E-state index in [1.165, 1.54) is 25.7 Å². The van der Waals surface area contributed by atoms with E-state index in [0.29, 0.717) is 23.3 Å². The lowest BCUT2D eigenvalue weighted by Crippen LogP contribution is -2.27. The lowest BCUT2D eigenvalue weighted by Gasteiger charge is -2.24. The first kappa shape index (κ1) is 15.8. The van der Waals surface area contributed by atoms with Gasteiger partial charge in [0.1, 0.15) is 11.6 Å². The van der Waals surface area contributed by atoms with E-state index < -0.39 is 0 Å². The van der Waals surface area contributed by atoms with Gasteiger partial charge in [-0.3, -0.25) is 0 Å². The second kappa shape index (κ2) is 7.40. The highest BCUT2D eigenvalue weighted by Crippen LogP contribution is 2.27. The van der Waals surface area contributed by atoms with Crippen LogP contribution in [0, 0.1) is 17.2 Å². The Hall–Kier alpha value is -1.63. The number of nitriles is 1. The van der Waals surface area contributed by atoms with Crippen molar-refractivity contribution in [3.63, 3.8) is 0 Å². The molecule has 2 atom stereocenters. The maximum absolute atomic E-state index is 9.54. The smallest absolute Gasteiger partial charge is 0.167 e. The highest BCUT2D eigenvalue weighted by molar-refractivity contribution is 5.57. The predicted octanol–water partition coefficient (Wildman–Crippen LogP) is 3.85. The molecule has 4 heteroatoms. The summed E-state index contributed by atoms with van der Waals surface area (Å²) in [7, 11) is 0. The third-order valence-corrected chi connectivity index (χ3v) is 4.64. The largest absolute Gasteiger partial charge is 0.364 e. The summed E-state index contributed by atoms with van der Waals surface area (Å²) in [5.74, 6) is 1.31. The van der Waals surface area contributed by atoms with E-state index in [2.05, 4.69) is 42.4 Å². The first-order valence-corrected chi connectivity index (χ1v) is 8.26. The average Bonchev–Trinajstić information content (AvgIpc) is 2.71. The third kappa shape index (κ3) is 3.53. The van der Waals surface area contributed by atoms with Gasteiger partial charge in [0.15, 0.2) is 5.82 Å². The Kier molecular flexibility index (Phi) is 5.55. The van der Waals surface area contributed by atoms with E-state index in [1.54, 1.807) is 0 Å². The zero-order chi connectivity index (χ0) is 15.2. The number of nitrogens with zero attached hydrogens (tertiary/aromatic N) is 3. The Bertz CT molecular complexity index is 518. The number of hydrogen-bond acceptors (Lipinski definition) is 4. The molecule has 0 spiro atoms. The van der Waals surface area contributed by atoms with E-state index in [4.69, 9.17) is 0 Å². The molecule has 0 amide bonds. The molecular formula is C17H26N4. The summed E-state index contributed by atoms with van der Waals surface area (Å²) in [6.07, 6.45) is 7.94. The molecule has 1 heterocycles. The van der Waals surface area contributed by atoms with Crippen molar-refractivity contribution in [2.45, 2.75) is 71.8 Å². The van der Waals surface area contributed by atoms with Crippen LogP contribution in [0.15, 0.2) is 0 Å². The molecule has 1 aliphatic carbocycles. The van der Waals surface area contributed by atoms with Crippen molar-refractivity contribution in [3.8, 4) is 6.07 Å². The molecule has 2 unspecified atom stereocenters. The molecule has 1 aromatic heterocycles. The summed E-state index contributed by atoms with van der Waals surface area (Å²) in [4.78, 5) is 0. The number of aromatic nitrogens is 2. The first-order chi connectivity index (χ1) is 10.2. The SMILES string of the molecule is CCc1nnc(NC2CCCCCC2C)c(C#N)c1CC. The van der Waals surface area contributed by atoms with Crippen LogP contribution in [0.5, 0.6) is 0 Å². The molecule has 0 aliphatic heterocycles. The third-order valence-electron chi connectivity index (χ3n) is 4.64. The van der Waals surface area contributed by atoms with Crippen molar-refractivity contribution in [1.29, 1.82) is 5.26 Å². The minimum atomic E-state index is 0.408. The number of nitrogens with one attached hydrogen (secondary N) is 1. The Morgan fingerprint density at radius 1 is 1.14 bits per heavy atom. The molecule has 1 aliphatic rings. The standard InChI is InChI=1S/C17H26N4/c1-4-13-14(11-18)17(21-20-15(13)5-2)19-16-10-8-6-7-9-12(16)3/h12,16H,4-10H2,1-3H3,(H,19,21). The van der Waals surface area contributed by atoms with E-state index >= 15 is 0 Å². The van der Waals surface area contributed by atoms with Gasteiger partial charge in [-0.2, -0.15) is 10.4 Å². The minimum absolute atomic E-state index is 0.408. The molecule has 4 nitrogen and oxygen atoms in total. The van der Waals surface area contributed by atoms with Gasteiger partial charge in [-0.1, -0.05) is 40.0 Å². The minimum Gasteiger partial charge on any atom is -0.364 e. The van der Waals surface area contributed by atoms with Crippen LogP contribution in [0.3, 0.4) is 0 Å². The van der Waals surface area contributed by atoms with E-state index in [0.717, 1.165) is 30.5 Å². The van der Waals surface area contributed by atoms with E-state index in [9.17, 15) is 5.26 Å². The lowest BCUT2D eigenvalue weighted by molar-refractivity contribution is 0.455. The molecule has 21 heavy (non-hydrogen) atoms. The summed E-state index contributed by atoms with van der Waals surface area (Å²) < 4.78 is 0. The summed E-state index contributed by atoms with van der Waals surface area (Å²) in [6, 6.07) is 2.75. The van der Waals surface area contributed by atoms with E-state index in [-0.39, 0.29) is 0 Å². The zero-order valence-electron chi connectivity index (χ0n) is 13.4. The molecule has 0 aromatic carbocycles. The van der Waals surface area contributed by atoms with Gasteiger partial charge in [-0.05, 0) is 37.2 Å². The molecule has 0 bridgehead atoms. The molecule has 1 N–H and O–H groups in total. The fourth-order valence-electron chi connectivity index (χ4n) is 3.28. The van der Waals surface area contributed by atoms with Gasteiger partial charge in [-0.25, -0.2) is 0 Å². The quantitative estimate of drug-likeness (QED) is 0.854. The Labute approximate surface area is 128 Å². The fourth-order valence-corrected chi connectivity index (χ4v) is 3.28. The first-order valence-electron chi connectivity index (χ1n) is 8.26. The van der Waals surface area contributed by atoms with Crippen LogP contribution in [0.4, 0.5) is 5.82 Å². The van der Waals surface area contributed by atoms with Crippen LogP contribution in [-0.2, 0) is 12.8 Å². The predicted molar refractivity (Wildman–Crippen MR) is 85.2 cm³/mol. The van der Waals surface area contributed by atoms with Gasteiger partial charge < -0.3 is 5.32 Å². The highest BCUT2D eigenvalue weighted by atomic mass is 15.2. The summed E-state index contributed by atoms with van der Waals surface area (Å²) in [5, 5.41) is 21.7. The number of rotatable bonds is 4. The molecule has 114 valence electrons. The van der Waals surface area contributed by atoms with E-state index in [1.807, 2.05) is 0 Å². The highest BCUT2D eigenvalue weighted by Gasteiger charge is 2.22. The number of aryl methyl sites for hydroxylation is 1. The van der Waals surface area contributed by atoms with Crippen LogP contribution in [0.25, 0.3) is 0 Å². The summed E-state index contributed by atoms with van der Waals surface area (Å²) in [6.45, 7) is 6.43. The summed E-state index contributed by atoms with van der Waals surface area (Å²) in [5.41, 5.74) is 2.70. The fraction of sp³-hybridized carbons (Fsp3) is 0.706. The topological polar surface area (TPSA) is 61.6 Å².